The third-order valence-electron chi connectivity index (χ3n) is 3.83. The van der Waals surface area contributed by atoms with Crippen molar-refractivity contribution >= 4 is 54.2 Å². The molecule has 7 heteroatoms. The molecule has 0 unspecified atom stereocenters. The fraction of sp³-hybridized carbons (Fsp3) is 0.105. The molecule has 5 nitrogen and oxygen atoms in total. The SMILES string of the molecule is CN(C)/C=C1/C(=O)N(c2nc3ccccc3s2)N=C1c1cccc(Br)c1. The number of hydrazone groups is 1. The molecule has 0 radical (unpaired) electrons. The third-order valence-corrected chi connectivity index (χ3v) is 5.33. The zero-order valence-corrected chi connectivity index (χ0v) is 16.6. The predicted molar refractivity (Wildman–Crippen MR) is 110 cm³/mol. The summed E-state index contributed by atoms with van der Waals surface area (Å²) in [6.45, 7) is 0. The lowest BCUT2D eigenvalue weighted by Crippen LogP contribution is -2.22. The maximum absolute atomic E-state index is 13.1. The van der Waals surface area contributed by atoms with Gasteiger partial charge in [0.05, 0.1) is 15.8 Å². The number of aromatic nitrogens is 1. The van der Waals surface area contributed by atoms with Crippen molar-refractivity contribution in [1.29, 1.82) is 0 Å². The van der Waals surface area contributed by atoms with E-state index in [1.165, 1.54) is 16.3 Å². The van der Waals surface area contributed by atoms with Crippen molar-refractivity contribution in [2.45, 2.75) is 0 Å². The summed E-state index contributed by atoms with van der Waals surface area (Å²) >= 11 is 4.94. The number of amides is 1. The molecule has 4 rings (SSSR count). The van der Waals surface area contributed by atoms with E-state index in [4.69, 9.17) is 0 Å². The fourth-order valence-corrected chi connectivity index (χ4v) is 4.03. The van der Waals surface area contributed by atoms with Crippen molar-refractivity contribution < 1.29 is 4.79 Å². The molecule has 130 valence electrons. The van der Waals surface area contributed by atoms with Crippen molar-refractivity contribution in [2.75, 3.05) is 19.1 Å². The van der Waals surface area contributed by atoms with Crippen LogP contribution in [0.3, 0.4) is 0 Å². The Morgan fingerprint density at radius 1 is 1.15 bits per heavy atom. The van der Waals surface area contributed by atoms with E-state index in [1.807, 2.05) is 67.5 Å². The van der Waals surface area contributed by atoms with Gasteiger partial charge in [0.15, 0.2) is 0 Å². The molecule has 0 spiro atoms. The summed E-state index contributed by atoms with van der Waals surface area (Å²) in [4.78, 5) is 19.5. The number of carbonyl (C=O) groups excluding carboxylic acids is 1. The summed E-state index contributed by atoms with van der Waals surface area (Å²) in [5.74, 6) is -0.173. The van der Waals surface area contributed by atoms with E-state index in [2.05, 4.69) is 26.0 Å². The normalized spacial score (nSPS) is 15.8. The molecule has 2 aromatic carbocycles. The molecule has 1 aromatic heterocycles. The number of hydrogen-bond acceptors (Lipinski definition) is 5. The van der Waals surface area contributed by atoms with Gasteiger partial charge < -0.3 is 4.90 Å². The highest BCUT2D eigenvalue weighted by atomic mass is 79.9. The van der Waals surface area contributed by atoms with Crippen LogP contribution in [0.5, 0.6) is 0 Å². The van der Waals surface area contributed by atoms with Gasteiger partial charge in [-0.15, -0.1) is 0 Å². The lowest BCUT2D eigenvalue weighted by Gasteiger charge is -2.09. The summed E-state index contributed by atoms with van der Waals surface area (Å²) in [5.41, 5.74) is 2.94. The lowest BCUT2D eigenvalue weighted by molar-refractivity contribution is -0.114. The van der Waals surface area contributed by atoms with Gasteiger partial charge in [0.1, 0.15) is 5.71 Å². The maximum atomic E-state index is 13.1. The molecule has 1 aliphatic rings. The second-order valence-electron chi connectivity index (χ2n) is 6.05. The number of hydrogen-bond donors (Lipinski definition) is 0. The van der Waals surface area contributed by atoms with Gasteiger partial charge in [-0.1, -0.05) is 51.5 Å². The van der Waals surface area contributed by atoms with Gasteiger partial charge >= 0.3 is 0 Å². The first-order valence-corrected chi connectivity index (χ1v) is 9.57. The van der Waals surface area contributed by atoms with Crippen LogP contribution in [0, 0.1) is 0 Å². The van der Waals surface area contributed by atoms with Crippen LogP contribution >= 0.6 is 27.3 Å². The lowest BCUT2D eigenvalue weighted by atomic mass is 10.0. The van der Waals surface area contributed by atoms with Crippen LogP contribution in [0.2, 0.25) is 0 Å². The largest absolute Gasteiger partial charge is 0.383 e. The zero-order valence-electron chi connectivity index (χ0n) is 14.2. The Balaban J connectivity index is 1.84. The van der Waals surface area contributed by atoms with E-state index in [0.29, 0.717) is 16.4 Å². The van der Waals surface area contributed by atoms with Gasteiger partial charge in [-0.3, -0.25) is 4.79 Å². The van der Waals surface area contributed by atoms with E-state index in [1.54, 1.807) is 6.20 Å². The minimum Gasteiger partial charge on any atom is -0.383 e. The van der Waals surface area contributed by atoms with E-state index in [-0.39, 0.29) is 5.91 Å². The molecular weight excluding hydrogens is 412 g/mol. The van der Waals surface area contributed by atoms with Gasteiger partial charge in [0.2, 0.25) is 5.13 Å². The minimum atomic E-state index is -0.173. The standard InChI is InChI=1S/C19H15BrN4OS/c1-23(2)11-14-17(12-6-5-7-13(20)10-12)22-24(18(14)25)19-21-15-8-3-4-9-16(15)26-19/h3-11H,1-2H3/b14-11+. The molecular formula is C19H15BrN4OS. The van der Waals surface area contributed by atoms with Crippen molar-refractivity contribution in [3.05, 3.63) is 70.3 Å². The molecule has 26 heavy (non-hydrogen) atoms. The zero-order chi connectivity index (χ0) is 18.3. The number of benzene rings is 2. The summed E-state index contributed by atoms with van der Waals surface area (Å²) in [6.07, 6.45) is 1.80. The number of carbonyl (C=O) groups is 1. The smallest absolute Gasteiger partial charge is 0.284 e. The second-order valence-corrected chi connectivity index (χ2v) is 7.97. The average Bonchev–Trinajstić information content (AvgIpc) is 3.16. The van der Waals surface area contributed by atoms with Crippen molar-refractivity contribution in [3.63, 3.8) is 0 Å². The third kappa shape index (κ3) is 3.04. The van der Waals surface area contributed by atoms with Gasteiger partial charge in [-0.25, -0.2) is 4.98 Å². The van der Waals surface area contributed by atoms with Crippen LogP contribution in [-0.2, 0) is 4.79 Å². The van der Waals surface area contributed by atoms with E-state index < -0.39 is 0 Å². The molecule has 0 saturated heterocycles. The summed E-state index contributed by atoms with van der Waals surface area (Å²) in [6, 6.07) is 15.6. The predicted octanol–water partition coefficient (Wildman–Crippen LogP) is 4.26. The molecule has 3 aromatic rings. The first-order chi connectivity index (χ1) is 12.5. The molecule has 0 saturated carbocycles. The first kappa shape index (κ1) is 16.9. The Hall–Kier alpha value is -2.51. The first-order valence-electron chi connectivity index (χ1n) is 7.96. The highest BCUT2D eigenvalue weighted by Crippen LogP contribution is 2.33. The number of anilines is 1. The number of para-hydroxylation sites is 1. The van der Waals surface area contributed by atoms with Gasteiger partial charge in [0.25, 0.3) is 5.91 Å². The Morgan fingerprint density at radius 2 is 1.96 bits per heavy atom. The Kier molecular flexibility index (Phi) is 4.34. The van der Waals surface area contributed by atoms with Crippen LogP contribution in [-0.4, -0.2) is 35.6 Å². The molecule has 0 atom stereocenters. The summed E-state index contributed by atoms with van der Waals surface area (Å²) < 4.78 is 1.97. The molecule has 2 heterocycles. The fourth-order valence-electron chi connectivity index (χ4n) is 2.72. The molecule has 0 bridgehead atoms. The second kappa shape index (κ2) is 6.66. The number of nitrogens with zero attached hydrogens (tertiary/aromatic N) is 4. The Labute approximate surface area is 163 Å². The van der Waals surface area contributed by atoms with Crippen LogP contribution in [0.25, 0.3) is 10.2 Å². The van der Waals surface area contributed by atoms with E-state index in [9.17, 15) is 4.79 Å². The highest BCUT2D eigenvalue weighted by molar-refractivity contribution is 9.10. The number of thiazole rings is 1. The van der Waals surface area contributed by atoms with E-state index in [0.717, 1.165) is 20.3 Å². The Bertz CT molecular complexity index is 1040. The van der Waals surface area contributed by atoms with Crippen LogP contribution in [0.15, 0.2) is 69.9 Å². The van der Waals surface area contributed by atoms with Crippen molar-refractivity contribution in [2.24, 2.45) is 5.10 Å². The average molecular weight is 427 g/mol. The summed E-state index contributed by atoms with van der Waals surface area (Å²) in [5, 5.41) is 6.59. The number of rotatable bonds is 3. The topological polar surface area (TPSA) is 48.8 Å². The Morgan fingerprint density at radius 3 is 2.69 bits per heavy atom. The van der Waals surface area contributed by atoms with Gasteiger partial charge in [-0.2, -0.15) is 10.1 Å². The number of fused-ring (bicyclic) bond motifs is 1. The number of halogens is 1. The van der Waals surface area contributed by atoms with Crippen molar-refractivity contribution in [1.82, 2.24) is 9.88 Å². The van der Waals surface area contributed by atoms with E-state index >= 15 is 0 Å². The molecule has 0 fully saturated rings. The molecule has 1 aliphatic heterocycles. The quantitative estimate of drug-likeness (QED) is 0.587. The van der Waals surface area contributed by atoms with Gasteiger partial charge in [-0.05, 0) is 24.3 Å². The maximum Gasteiger partial charge on any atom is 0.284 e. The highest BCUT2D eigenvalue weighted by Gasteiger charge is 2.34. The summed E-state index contributed by atoms with van der Waals surface area (Å²) in [7, 11) is 3.78. The van der Waals surface area contributed by atoms with Crippen molar-refractivity contribution in [3.8, 4) is 0 Å². The molecule has 0 aliphatic carbocycles. The molecule has 1 amide bonds. The molecule has 0 N–H and O–H groups in total. The minimum absolute atomic E-state index is 0.173. The van der Waals surface area contributed by atoms with Crippen LogP contribution in [0.4, 0.5) is 5.13 Å². The monoisotopic (exact) mass is 426 g/mol. The van der Waals surface area contributed by atoms with Crippen LogP contribution in [0.1, 0.15) is 5.56 Å². The van der Waals surface area contributed by atoms with Gasteiger partial charge in [0, 0.05) is 30.3 Å². The van der Waals surface area contributed by atoms with Crippen LogP contribution < -0.4 is 5.01 Å².